The second-order valence-corrected chi connectivity index (χ2v) is 8.04. The minimum atomic E-state index is 0.271. The number of nitrogens with zero attached hydrogens (tertiary/aromatic N) is 2. The lowest BCUT2D eigenvalue weighted by atomic mass is 9.79. The molecule has 1 amide bonds. The lowest BCUT2D eigenvalue weighted by Gasteiger charge is -2.38. The molecule has 0 aromatic heterocycles. The molecule has 2 rings (SSSR count). The minimum Gasteiger partial charge on any atom is -0.381 e. The van der Waals surface area contributed by atoms with Crippen LogP contribution in [0.5, 0.6) is 0 Å². The van der Waals surface area contributed by atoms with Crippen LogP contribution >= 0.6 is 0 Å². The van der Waals surface area contributed by atoms with Crippen molar-refractivity contribution in [3.63, 3.8) is 0 Å². The first-order valence-electron chi connectivity index (χ1n) is 10.1. The van der Waals surface area contributed by atoms with Crippen LogP contribution in [0.25, 0.3) is 0 Å². The molecule has 140 valence electrons. The Balaban J connectivity index is 1.89. The van der Waals surface area contributed by atoms with E-state index in [0.29, 0.717) is 11.9 Å². The third-order valence-electron chi connectivity index (χ3n) is 5.86. The lowest BCUT2D eigenvalue weighted by molar-refractivity contribution is -0.141. The Morgan fingerprint density at radius 3 is 2.25 bits per heavy atom. The topological polar surface area (TPSA) is 32.8 Å². The van der Waals surface area contributed by atoms with Gasteiger partial charge in [-0.25, -0.2) is 0 Å². The zero-order valence-electron chi connectivity index (χ0n) is 16.1. The highest BCUT2D eigenvalue weighted by Gasteiger charge is 2.33. The standard InChI is InChI=1S/C20H38N2O2/c1-4-5-6-17-7-9-18(10-8-17)20(23)22(14-13-21(2)3)19-11-15-24-16-12-19/h17-19H,4-16H2,1-3H3. The van der Waals surface area contributed by atoms with Crippen LogP contribution in [0.15, 0.2) is 0 Å². The molecule has 0 aromatic rings. The second kappa shape index (κ2) is 10.4. The Morgan fingerprint density at radius 1 is 1.00 bits per heavy atom. The molecular weight excluding hydrogens is 300 g/mol. The van der Waals surface area contributed by atoms with E-state index in [1.807, 2.05) is 0 Å². The Labute approximate surface area is 148 Å². The highest BCUT2D eigenvalue weighted by Crippen LogP contribution is 2.33. The predicted octanol–water partition coefficient (Wildman–Crippen LogP) is 3.55. The highest BCUT2D eigenvalue weighted by molar-refractivity contribution is 5.79. The maximum absolute atomic E-state index is 13.2. The average molecular weight is 339 g/mol. The number of carbonyl (C=O) groups is 1. The summed E-state index contributed by atoms with van der Waals surface area (Å²) in [5, 5.41) is 0. The monoisotopic (exact) mass is 338 g/mol. The largest absolute Gasteiger partial charge is 0.381 e. The molecule has 24 heavy (non-hydrogen) atoms. The number of hydrogen-bond acceptors (Lipinski definition) is 3. The van der Waals surface area contributed by atoms with Crippen molar-refractivity contribution < 1.29 is 9.53 Å². The fraction of sp³-hybridized carbons (Fsp3) is 0.950. The Kier molecular flexibility index (Phi) is 8.54. The summed E-state index contributed by atoms with van der Waals surface area (Å²) in [4.78, 5) is 17.6. The molecule has 0 unspecified atom stereocenters. The fourth-order valence-corrected chi connectivity index (χ4v) is 4.20. The molecule has 0 spiro atoms. The third kappa shape index (κ3) is 6.03. The number of likely N-dealkylation sites (N-methyl/N-ethyl adjacent to an activating group) is 1. The molecule has 1 heterocycles. The summed E-state index contributed by atoms with van der Waals surface area (Å²) in [6.45, 7) is 5.70. The van der Waals surface area contributed by atoms with Crippen LogP contribution in [0.4, 0.5) is 0 Å². The predicted molar refractivity (Wildman–Crippen MR) is 99.1 cm³/mol. The molecule has 1 aliphatic carbocycles. The molecule has 1 saturated heterocycles. The molecule has 0 aromatic carbocycles. The lowest BCUT2D eigenvalue weighted by Crippen LogP contribution is -2.49. The van der Waals surface area contributed by atoms with Crippen LogP contribution in [0.1, 0.15) is 64.7 Å². The van der Waals surface area contributed by atoms with Gasteiger partial charge in [0.2, 0.25) is 5.91 Å². The van der Waals surface area contributed by atoms with Gasteiger partial charge >= 0.3 is 0 Å². The van der Waals surface area contributed by atoms with E-state index in [1.165, 1.54) is 32.1 Å². The summed E-state index contributed by atoms with van der Waals surface area (Å²) in [6, 6.07) is 0.393. The minimum absolute atomic E-state index is 0.271. The molecule has 2 aliphatic rings. The summed E-state index contributed by atoms with van der Waals surface area (Å²) in [5.74, 6) is 1.57. The maximum Gasteiger partial charge on any atom is 0.225 e. The van der Waals surface area contributed by atoms with Crippen molar-refractivity contribution in [3.8, 4) is 0 Å². The van der Waals surface area contributed by atoms with Gasteiger partial charge in [0, 0.05) is 38.3 Å². The number of rotatable bonds is 8. The summed E-state index contributed by atoms with van der Waals surface area (Å²) >= 11 is 0. The van der Waals surface area contributed by atoms with Crippen molar-refractivity contribution >= 4 is 5.91 Å². The van der Waals surface area contributed by atoms with E-state index >= 15 is 0 Å². The van der Waals surface area contributed by atoms with Crippen molar-refractivity contribution in [3.05, 3.63) is 0 Å². The quantitative estimate of drug-likeness (QED) is 0.678. The number of unbranched alkanes of at least 4 members (excludes halogenated alkanes) is 1. The van der Waals surface area contributed by atoms with Gasteiger partial charge < -0.3 is 14.5 Å². The van der Waals surface area contributed by atoms with Gasteiger partial charge in [0.15, 0.2) is 0 Å². The second-order valence-electron chi connectivity index (χ2n) is 8.04. The average Bonchev–Trinajstić information content (AvgIpc) is 2.61. The van der Waals surface area contributed by atoms with Crippen LogP contribution in [-0.2, 0) is 9.53 Å². The number of hydrogen-bond donors (Lipinski definition) is 0. The molecule has 0 N–H and O–H groups in total. The van der Waals surface area contributed by atoms with E-state index in [4.69, 9.17) is 4.74 Å². The Morgan fingerprint density at radius 2 is 1.67 bits per heavy atom. The van der Waals surface area contributed by atoms with Crippen molar-refractivity contribution in [2.75, 3.05) is 40.4 Å². The normalized spacial score (nSPS) is 25.8. The summed E-state index contributed by atoms with van der Waals surface area (Å²) in [6.07, 6.45) is 10.7. The Bertz CT molecular complexity index is 359. The van der Waals surface area contributed by atoms with Crippen LogP contribution < -0.4 is 0 Å². The van der Waals surface area contributed by atoms with E-state index < -0.39 is 0 Å². The zero-order valence-corrected chi connectivity index (χ0v) is 16.1. The van der Waals surface area contributed by atoms with Crippen LogP contribution in [-0.4, -0.2) is 62.1 Å². The smallest absolute Gasteiger partial charge is 0.225 e. The van der Waals surface area contributed by atoms with E-state index in [1.54, 1.807) is 0 Å². The molecule has 0 atom stereocenters. The van der Waals surface area contributed by atoms with E-state index in [-0.39, 0.29) is 5.92 Å². The van der Waals surface area contributed by atoms with Gasteiger partial charge in [-0.2, -0.15) is 0 Å². The highest BCUT2D eigenvalue weighted by atomic mass is 16.5. The number of amides is 1. The van der Waals surface area contributed by atoms with Gasteiger partial charge in [0.25, 0.3) is 0 Å². The molecule has 0 bridgehead atoms. The molecule has 4 heteroatoms. The SMILES string of the molecule is CCCCC1CCC(C(=O)N(CCN(C)C)C2CCOCC2)CC1. The van der Waals surface area contributed by atoms with Crippen LogP contribution in [0.3, 0.4) is 0 Å². The molecule has 2 fully saturated rings. The first kappa shape index (κ1) is 19.7. The number of carbonyl (C=O) groups excluding carboxylic acids is 1. The van der Waals surface area contributed by atoms with Gasteiger partial charge in [-0.3, -0.25) is 4.79 Å². The van der Waals surface area contributed by atoms with E-state index in [2.05, 4.69) is 30.8 Å². The van der Waals surface area contributed by atoms with Crippen molar-refractivity contribution in [1.82, 2.24) is 9.80 Å². The van der Waals surface area contributed by atoms with Gasteiger partial charge in [0.05, 0.1) is 0 Å². The number of ether oxygens (including phenoxy) is 1. The van der Waals surface area contributed by atoms with E-state index in [9.17, 15) is 4.79 Å². The maximum atomic E-state index is 13.2. The molecule has 4 nitrogen and oxygen atoms in total. The first-order chi connectivity index (χ1) is 11.6. The van der Waals surface area contributed by atoms with Crippen molar-refractivity contribution in [2.24, 2.45) is 11.8 Å². The molecule has 1 aliphatic heterocycles. The van der Waals surface area contributed by atoms with Gasteiger partial charge in [0.1, 0.15) is 0 Å². The Hall–Kier alpha value is -0.610. The van der Waals surface area contributed by atoms with Crippen molar-refractivity contribution in [1.29, 1.82) is 0 Å². The third-order valence-corrected chi connectivity index (χ3v) is 5.86. The summed E-state index contributed by atoms with van der Waals surface area (Å²) in [5.41, 5.74) is 0. The molecule has 1 saturated carbocycles. The first-order valence-corrected chi connectivity index (χ1v) is 10.1. The van der Waals surface area contributed by atoms with Crippen LogP contribution in [0, 0.1) is 11.8 Å². The summed E-state index contributed by atoms with van der Waals surface area (Å²) in [7, 11) is 4.18. The fourth-order valence-electron chi connectivity index (χ4n) is 4.20. The van der Waals surface area contributed by atoms with Crippen LogP contribution in [0.2, 0.25) is 0 Å². The summed E-state index contributed by atoms with van der Waals surface area (Å²) < 4.78 is 5.50. The zero-order chi connectivity index (χ0) is 17.4. The molecular formula is C20H38N2O2. The van der Waals surface area contributed by atoms with Crippen molar-refractivity contribution in [2.45, 2.75) is 70.8 Å². The van der Waals surface area contributed by atoms with Gasteiger partial charge in [-0.05, 0) is 58.5 Å². The molecule has 0 radical (unpaired) electrons. The van der Waals surface area contributed by atoms with E-state index in [0.717, 1.165) is 57.9 Å². The van der Waals surface area contributed by atoms with Gasteiger partial charge in [-0.15, -0.1) is 0 Å². The van der Waals surface area contributed by atoms with Gasteiger partial charge in [-0.1, -0.05) is 26.2 Å².